The summed E-state index contributed by atoms with van der Waals surface area (Å²) in [6.07, 6.45) is 0. The Kier molecular flexibility index (Phi) is 3.42. The smallest absolute Gasteiger partial charge is 0.183 e. The monoisotopic (exact) mass is 336 g/mol. The van der Waals surface area contributed by atoms with Crippen molar-refractivity contribution in [3.05, 3.63) is 47.1 Å². The quantitative estimate of drug-likeness (QED) is 0.527. The van der Waals surface area contributed by atoms with Gasteiger partial charge in [0.2, 0.25) is 0 Å². The van der Waals surface area contributed by atoms with Gasteiger partial charge in [-0.1, -0.05) is 29.8 Å². The molecular weight excluding hydrogens is 322 g/mol. The van der Waals surface area contributed by atoms with Gasteiger partial charge < -0.3 is 4.74 Å². The molecule has 0 saturated heterocycles. The van der Waals surface area contributed by atoms with Crippen LogP contribution in [0.2, 0.25) is 5.02 Å². The molecule has 4 aromatic rings. The van der Waals surface area contributed by atoms with Gasteiger partial charge in [-0.3, -0.25) is 4.40 Å². The third kappa shape index (κ3) is 2.07. The lowest BCUT2D eigenvalue weighted by atomic mass is 9.94. The van der Waals surface area contributed by atoms with Crippen LogP contribution in [-0.2, 0) is 0 Å². The fourth-order valence-corrected chi connectivity index (χ4v) is 3.22. The summed E-state index contributed by atoms with van der Waals surface area (Å²) in [5.74, 6) is 1.44. The fourth-order valence-electron chi connectivity index (χ4n) is 3.00. The van der Waals surface area contributed by atoms with Crippen LogP contribution >= 0.6 is 11.6 Å². The van der Waals surface area contributed by atoms with Crippen LogP contribution in [0.4, 0.5) is 0 Å². The summed E-state index contributed by atoms with van der Waals surface area (Å²) in [5, 5.41) is 9.33. The Morgan fingerprint density at radius 1 is 1.12 bits per heavy atom. The standard InChI is InChI=1S/C17H14BClN4O/c1-9-16-21-22-17(10-5-3-4-6-12(10)19)23(16)14-13(20-9)8-7-11(18)15(14)24-2/h3-8H,18H2,1-2H3. The molecule has 0 saturated carbocycles. The summed E-state index contributed by atoms with van der Waals surface area (Å²) in [6.45, 7) is 1.92. The van der Waals surface area contributed by atoms with Crippen LogP contribution in [0.1, 0.15) is 5.69 Å². The van der Waals surface area contributed by atoms with Crippen LogP contribution in [0.15, 0.2) is 36.4 Å². The summed E-state index contributed by atoms with van der Waals surface area (Å²) in [5.41, 5.74) is 5.02. The first-order chi connectivity index (χ1) is 11.6. The van der Waals surface area contributed by atoms with E-state index in [9.17, 15) is 0 Å². The first-order valence-corrected chi connectivity index (χ1v) is 7.93. The topological polar surface area (TPSA) is 52.3 Å². The minimum absolute atomic E-state index is 0.626. The number of aromatic nitrogens is 4. The molecule has 0 aliphatic heterocycles. The molecule has 0 bridgehead atoms. The van der Waals surface area contributed by atoms with Gasteiger partial charge in [0, 0.05) is 5.56 Å². The Hall–Kier alpha value is -2.60. The molecule has 2 aromatic heterocycles. The summed E-state index contributed by atoms with van der Waals surface area (Å²) >= 11 is 6.38. The maximum absolute atomic E-state index is 6.38. The Balaban J connectivity index is 2.24. The Labute approximate surface area is 144 Å². The number of hydrogen-bond acceptors (Lipinski definition) is 4. The van der Waals surface area contributed by atoms with Crippen molar-refractivity contribution >= 4 is 41.6 Å². The summed E-state index contributed by atoms with van der Waals surface area (Å²) < 4.78 is 7.62. The molecule has 0 aliphatic carbocycles. The zero-order valence-electron chi connectivity index (χ0n) is 13.5. The molecule has 0 fully saturated rings. The molecular formula is C17H14BClN4O. The molecule has 0 aliphatic rings. The number of ether oxygens (including phenoxy) is 1. The molecule has 0 radical (unpaired) electrons. The second kappa shape index (κ2) is 5.49. The molecule has 7 heteroatoms. The van der Waals surface area contributed by atoms with Crippen molar-refractivity contribution in [1.29, 1.82) is 0 Å². The zero-order chi connectivity index (χ0) is 16.8. The lowest BCUT2D eigenvalue weighted by molar-refractivity contribution is 0.422. The maximum Gasteiger partial charge on any atom is 0.183 e. The Morgan fingerprint density at radius 3 is 2.67 bits per heavy atom. The lowest BCUT2D eigenvalue weighted by Crippen LogP contribution is -2.10. The van der Waals surface area contributed by atoms with Crippen molar-refractivity contribution in [2.75, 3.05) is 7.11 Å². The molecule has 2 aromatic carbocycles. The molecule has 5 nitrogen and oxygen atoms in total. The van der Waals surface area contributed by atoms with E-state index in [1.165, 1.54) is 0 Å². The van der Waals surface area contributed by atoms with E-state index in [-0.39, 0.29) is 0 Å². The van der Waals surface area contributed by atoms with E-state index in [0.717, 1.165) is 33.5 Å². The van der Waals surface area contributed by atoms with Crippen molar-refractivity contribution in [2.24, 2.45) is 0 Å². The first-order valence-electron chi connectivity index (χ1n) is 7.55. The van der Waals surface area contributed by atoms with Crippen molar-refractivity contribution in [3.63, 3.8) is 0 Å². The molecule has 0 spiro atoms. The molecule has 0 unspecified atom stereocenters. The summed E-state index contributed by atoms with van der Waals surface area (Å²) in [4.78, 5) is 4.65. The highest BCUT2D eigenvalue weighted by Crippen LogP contribution is 2.31. The lowest BCUT2D eigenvalue weighted by Gasteiger charge is -2.13. The van der Waals surface area contributed by atoms with E-state index in [1.807, 2.05) is 55.6 Å². The van der Waals surface area contributed by atoms with Gasteiger partial charge in [0.05, 0.1) is 23.3 Å². The average Bonchev–Trinajstić information content (AvgIpc) is 3.01. The Morgan fingerprint density at radius 2 is 1.92 bits per heavy atom. The maximum atomic E-state index is 6.38. The molecule has 0 amide bonds. The number of hydrogen-bond donors (Lipinski definition) is 0. The zero-order valence-corrected chi connectivity index (χ0v) is 14.3. The predicted octanol–water partition coefficient (Wildman–Crippen LogP) is 2.17. The molecule has 24 heavy (non-hydrogen) atoms. The van der Waals surface area contributed by atoms with Crippen LogP contribution in [-0.4, -0.2) is 34.5 Å². The molecule has 118 valence electrons. The van der Waals surface area contributed by atoms with Gasteiger partial charge in [-0.25, -0.2) is 4.98 Å². The van der Waals surface area contributed by atoms with E-state index in [1.54, 1.807) is 7.11 Å². The van der Waals surface area contributed by atoms with Crippen molar-refractivity contribution < 1.29 is 4.74 Å². The van der Waals surface area contributed by atoms with Crippen molar-refractivity contribution in [3.8, 4) is 17.1 Å². The van der Waals surface area contributed by atoms with Crippen LogP contribution in [0.5, 0.6) is 5.75 Å². The van der Waals surface area contributed by atoms with Gasteiger partial charge in [0.1, 0.15) is 19.1 Å². The van der Waals surface area contributed by atoms with Gasteiger partial charge >= 0.3 is 0 Å². The molecule has 0 atom stereocenters. The summed E-state index contributed by atoms with van der Waals surface area (Å²) in [6, 6.07) is 11.6. The number of rotatable bonds is 2. The van der Waals surface area contributed by atoms with Crippen LogP contribution in [0, 0.1) is 6.92 Å². The highest BCUT2D eigenvalue weighted by atomic mass is 35.5. The third-order valence-corrected chi connectivity index (χ3v) is 4.45. The van der Waals surface area contributed by atoms with E-state index in [2.05, 4.69) is 15.2 Å². The van der Waals surface area contributed by atoms with E-state index >= 15 is 0 Å². The van der Waals surface area contributed by atoms with Crippen LogP contribution in [0.3, 0.4) is 0 Å². The Bertz CT molecular complexity index is 1090. The number of fused-ring (bicyclic) bond motifs is 3. The normalized spacial score (nSPS) is 11.3. The number of nitrogens with zero attached hydrogens (tertiary/aromatic N) is 4. The SMILES string of the molecule is Bc1ccc2nc(C)c3nnc(-c4ccccc4Cl)n3c2c1OC. The molecule has 2 heterocycles. The number of aryl methyl sites for hydroxylation is 1. The fraction of sp³-hybridized carbons (Fsp3) is 0.118. The van der Waals surface area contributed by atoms with E-state index in [0.29, 0.717) is 16.5 Å². The minimum Gasteiger partial charge on any atom is -0.495 e. The highest BCUT2D eigenvalue weighted by molar-refractivity contribution is 6.35. The number of benzene rings is 2. The van der Waals surface area contributed by atoms with Gasteiger partial charge in [-0.05, 0) is 30.6 Å². The van der Waals surface area contributed by atoms with Gasteiger partial charge in [-0.2, -0.15) is 0 Å². The van der Waals surface area contributed by atoms with Crippen molar-refractivity contribution in [1.82, 2.24) is 19.6 Å². The largest absolute Gasteiger partial charge is 0.495 e. The number of halogens is 1. The highest BCUT2D eigenvalue weighted by Gasteiger charge is 2.19. The van der Waals surface area contributed by atoms with Crippen molar-refractivity contribution in [2.45, 2.75) is 6.92 Å². The summed E-state index contributed by atoms with van der Waals surface area (Å²) in [7, 11) is 3.66. The second-order valence-electron chi connectivity index (χ2n) is 5.64. The second-order valence-corrected chi connectivity index (χ2v) is 6.05. The molecule has 4 rings (SSSR count). The van der Waals surface area contributed by atoms with Crippen LogP contribution in [0.25, 0.3) is 28.1 Å². The average molecular weight is 337 g/mol. The van der Waals surface area contributed by atoms with Gasteiger partial charge in [-0.15, -0.1) is 10.2 Å². The van der Waals surface area contributed by atoms with Crippen LogP contribution < -0.4 is 10.2 Å². The van der Waals surface area contributed by atoms with Gasteiger partial charge in [0.25, 0.3) is 0 Å². The van der Waals surface area contributed by atoms with E-state index in [4.69, 9.17) is 16.3 Å². The van der Waals surface area contributed by atoms with E-state index < -0.39 is 0 Å². The first kappa shape index (κ1) is 15.0. The van der Waals surface area contributed by atoms with Gasteiger partial charge in [0.15, 0.2) is 11.5 Å². The minimum atomic E-state index is 0.626. The third-order valence-electron chi connectivity index (χ3n) is 4.12. The number of methoxy groups -OCH3 is 1. The molecule has 0 N–H and O–H groups in total. The predicted molar refractivity (Wildman–Crippen MR) is 98.2 cm³/mol.